The number of methoxy groups -OCH3 is 1. The molecule has 0 bridgehead atoms. The fraction of sp³-hybridized carbons (Fsp3) is 0.357. The Morgan fingerprint density at radius 2 is 2.05 bits per heavy atom. The number of anilines is 3. The SMILES string of the molecule is COc1cc(Br)cc(Nc2c(N)c(C)nn2C(C)C)c1. The van der Waals surface area contributed by atoms with Crippen LogP contribution in [-0.2, 0) is 0 Å². The lowest BCUT2D eigenvalue weighted by Gasteiger charge is -2.14. The minimum absolute atomic E-state index is 0.225. The molecule has 0 atom stereocenters. The highest BCUT2D eigenvalue weighted by molar-refractivity contribution is 9.10. The van der Waals surface area contributed by atoms with Crippen molar-refractivity contribution >= 4 is 33.1 Å². The van der Waals surface area contributed by atoms with E-state index in [1.165, 1.54) is 0 Å². The van der Waals surface area contributed by atoms with Crippen LogP contribution in [0.4, 0.5) is 17.2 Å². The highest BCUT2D eigenvalue weighted by Gasteiger charge is 2.15. The monoisotopic (exact) mass is 338 g/mol. The summed E-state index contributed by atoms with van der Waals surface area (Å²) >= 11 is 3.46. The molecule has 108 valence electrons. The standard InChI is InChI=1S/C14H19BrN4O/c1-8(2)19-14(13(16)9(3)18-19)17-11-5-10(15)6-12(7-11)20-4/h5-8,17H,16H2,1-4H3. The van der Waals surface area contributed by atoms with E-state index in [2.05, 4.69) is 40.2 Å². The molecule has 0 saturated carbocycles. The van der Waals surface area contributed by atoms with Crippen LogP contribution >= 0.6 is 15.9 Å². The summed E-state index contributed by atoms with van der Waals surface area (Å²) in [7, 11) is 1.64. The lowest BCUT2D eigenvalue weighted by atomic mass is 10.3. The van der Waals surface area contributed by atoms with E-state index in [0.717, 1.165) is 27.4 Å². The van der Waals surface area contributed by atoms with Crippen LogP contribution in [0.3, 0.4) is 0 Å². The third-order valence-corrected chi connectivity index (χ3v) is 3.45. The maximum absolute atomic E-state index is 6.11. The first kappa shape index (κ1) is 14.7. The summed E-state index contributed by atoms with van der Waals surface area (Å²) in [6, 6.07) is 6.01. The predicted molar refractivity (Wildman–Crippen MR) is 85.7 cm³/mol. The Morgan fingerprint density at radius 1 is 1.35 bits per heavy atom. The second kappa shape index (κ2) is 5.75. The normalized spacial score (nSPS) is 10.9. The molecule has 0 aliphatic rings. The number of ether oxygens (including phenoxy) is 1. The van der Waals surface area contributed by atoms with Gasteiger partial charge in [-0.05, 0) is 32.9 Å². The average molecular weight is 339 g/mol. The molecule has 0 saturated heterocycles. The largest absolute Gasteiger partial charge is 0.497 e. The Kier molecular flexibility index (Phi) is 4.23. The van der Waals surface area contributed by atoms with Gasteiger partial charge in [0.2, 0.25) is 0 Å². The summed E-state index contributed by atoms with van der Waals surface area (Å²) in [5.74, 6) is 1.57. The smallest absolute Gasteiger partial charge is 0.152 e. The molecule has 0 spiro atoms. The van der Waals surface area contributed by atoms with Crippen LogP contribution in [0.15, 0.2) is 22.7 Å². The van der Waals surface area contributed by atoms with Gasteiger partial charge in [-0.15, -0.1) is 0 Å². The van der Waals surface area contributed by atoms with Crippen LogP contribution in [0.2, 0.25) is 0 Å². The summed E-state index contributed by atoms with van der Waals surface area (Å²) in [5, 5.41) is 7.78. The summed E-state index contributed by atoms with van der Waals surface area (Å²) in [6.07, 6.45) is 0. The van der Waals surface area contributed by atoms with Gasteiger partial charge in [-0.1, -0.05) is 15.9 Å². The molecule has 1 aromatic heterocycles. The molecular weight excluding hydrogens is 320 g/mol. The van der Waals surface area contributed by atoms with Crippen LogP contribution < -0.4 is 15.8 Å². The van der Waals surface area contributed by atoms with Crippen molar-refractivity contribution in [3.63, 3.8) is 0 Å². The van der Waals surface area contributed by atoms with Crippen LogP contribution in [0.25, 0.3) is 0 Å². The van der Waals surface area contributed by atoms with Gasteiger partial charge in [0.05, 0.1) is 18.5 Å². The van der Waals surface area contributed by atoms with Gasteiger partial charge in [-0.25, -0.2) is 4.68 Å². The van der Waals surface area contributed by atoms with Crippen LogP contribution in [-0.4, -0.2) is 16.9 Å². The zero-order chi connectivity index (χ0) is 14.9. The minimum atomic E-state index is 0.225. The quantitative estimate of drug-likeness (QED) is 0.888. The van der Waals surface area contributed by atoms with Crippen molar-refractivity contribution in [2.24, 2.45) is 0 Å². The number of nitrogen functional groups attached to an aromatic ring is 1. The Bertz CT molecular complexity index is 622. The van der Waals surface area contributed by atoms with Gasteiger partial charge in [-0.2, -0.15) is 5.10 Å². The lowest BCUT2D eigenvalue weighted by Crippen LogP contribution is -2.08. The third-order valence-electron chi connectivity index (χ3n) is 2.99. The Labute approximate surface area is 127 Å². The molecule has 0 amide bonds. The van der Waals surface area contributed by atoms with Gasteiger partial charge in [0.25, 0.3) is 0 Å². The van der Waals surface area contributed by atoms with Crippen LogP contribution in [0.1, 0.15) is 25.6 Å². The Balaban J connectivity index is 2.41. The number of hydrogen-bond acceptors (Lipinski definition) is 4. The van der Waals surface area contributed by atoms with Gasteiger partial charge in [0, 0.05) is 22.3 Å². The van der Waals surface area contributed by atoms with Crippen molar-refractivity contribution in [2.45, 2.75) is 26.8 Å². The number of aromatic nitrogens is 2. The summed E-state index contributed by atoms with van der Waals surface area (Å²) in [6.45, 7) is 6.04. The number of hydrogen-bond donors (Lipinski definition) is 2. The van der Waals surface area contributed by atoms with E-state index in [0.29, 0.717) is 5.69 Å². The second-order valence-corrected chi connectivity index (χ2v) is 5.81. The van der Waals surface area contributed by atoms with Crippen molar-refractivity contribution in [1.29, 1.82) is 0 Å². The lowest BCUT2D eigenvalue weighted by molar-refractivity contribution is 0.414. The minimum Gasteiger partial charge on any atom is -0.497 e. The molecule has 0 aliphatic carbocycles. The van der Waals surface area contributed by atoms with Gasteiger partial charge in [-0.3, -0.25) is 0 Å². The maximum Gasteiger partial charge on any atom is 0.152 e. The van der Waals surface area contributed by atoms with Crippen molar-refractivity contribution in [2.75, 3.05) is 18.2 Å². The highest BCUT2D eigenvalue weighted by Crippen LogP contribution is 2.31. The zero-order valence-corrected chi connectivity index (χ0v) is 13.7. The van der Waals surface area contributed by atoms with E-state index in [-0.39, 0.29) is 6.04 Å². The Hall–Kier alpha value is -1.69. The van der Waals surface area contributed by atoms with E-state index < -0.39 is 0 Å². The third kappa shape index (κ3) is 2.90. The number of aryl methyl sites for hydroxylation is 1. The van der Waals surface area contributed by atoms with E-state index in [9.17, 15) is 0 Å². The van der Waals surface area contributed by atoms with Gasteiger partial charge in [0.1, 0.15) is 5.75 Å². The number of rotatable bonds is 4. The van der Waals surface area contributed by atoms with Crippen molar-refractivity contribution in [1.82, 2.24) is 9.78 Å². The molecule has 0 fully saturated rings. The molecule has 5 nitrogen and oxygen atoms in total. The summed E-state index contributed by atoms with van der Waals surface area (Å²) < 4.78 is 8.09. The number of benzene rings is 1. The maximum atomic E-state index is 6.11. The zero-order valence-electron chi connectivity index (χ0n) is 12.1. The molecule has 2 rings (SSSR count). The molecular formula is C14H19BrN4O. The first-order chi connectivity index (χ1) is 9.42. The average Bonchev–Trinajstić information content (AvgIpc) is 2.66. The molecule has 0 aliphatic heterocycles. The first-order valence-corrected chi connectivity index (χ1v) is 7.18. The van der Waals surface area contributed by atoms with E-state index in [4.69, 9.17) is 10.5 Å². The number of halogens is 1. The number of nitrogens with one attached hydrogen (secondary N) is 1. The van der Waals surface area contributed by atoms with Crippen molar-refractivity contribution < 1.29 is 4.74 Å². The molecule has 0 unspecified atom stereocenters. The fourth-order valence-electron chi connectivity index (χ4n) is 1.95. The topological polar surface area (TPSA) is 65.1 Å². The summed E-state index contributed by atoms with van der Waals surface area (Å²) in [4.78, 5) is 0. The molecule has 1 heterocycles. The molecule has 6 heteroatoms. The highest BCUT2D eigenvalue weighted by atomic mass is 79.9. The van der Waals surface area contributed by atoms with E-state index in [1.807, 2.05) is 29.8 Å². The van der Waals surface area contributed by atoms with Gasteiger partial charge in [0.15, 0.2) is 5.82 Å². The first-order valence-electron chi connectivity index (χ1n) is 6.38. The van der Waals surface area contributed by atoms with Gasteiger partial charge >= 0.3 is 0 Å². The van der Waals surface area contributed by atoms with Crippen LogP contribution in [0.5, 0.6) is 5.75 Å². The van der Waals surface area contributed by atoms with Gasteiger partial charge < -0.3 is 15.8 Å². The van der Waals surface area contributed by atoms with E-state index in [1.54, 1.807) is 7.11 Å². The van der Waals surface area contributed by atoms with E-state index >= 15 is 0 Å². The molecule has 20 heavy (non-hydrogen) atoms. The molecule has 3 N–H and O–H groups in total. The number of nitrogens with zero attached hydrogens (tertiary/aromatic N) is 2. The van der Waals surface area contributed by atoms with Crippen molar-refractivity contribution in [3.8, 4) is 5.75 Å². The summed E-state index contributed by atoms with van der Waals surface area (Å²) in [5.41, 5.74) is 8.49. The van der Waals surface area contributed by atoms with Crippen molar-refractivity contribution in [3.05, 3.63) is 28.4 Å². The van der Waals surface area contributed by atoms with Crippen LogP contribution in [0, 0.1) is 6.92 Å². The molecule has 2 aromatic rings. The second-order valence-electron chi connectivity index (χ2n) is 4.89. The molecule has 0 radical (unpaired) electrons. The Morgan fingerprint density at radius 3 is 2.65 bits per heavy atom. The molecule has 1 aromatic carbocycles. The predicted octanol–water partition coefficient (Wildman–Crippen LogP) is 3.87. The fourth-order valence-corrected chi connectivity index (χ4v) is 2.42. The number of nitrogens with two attached hydrogens (primary N) is 1.